The fourth-order valence-corrected chi connectivity index (χ4v) is 3.83. The Bertz CT molecular complexity index is 325. The van der Waals surface area contributed by atoms with Gasteiger partial charge in [-0.05, 0) is 57.0 Å². The SMILES string of the molecule is O=C(O)C(CN1CCC2(CCCC2)CC1)NC1CC1. The maximum absolute atomic E-state index is 11.3. The third-order valence-electron chi connectivity index (χ3n) is 5.33. The van der Waals surface area contributed by atoms with Crippen LogP contribution in [0.2, 0.25) is 0 Å². The van der Waals surface area contributed by atoms with E-state index in [0.717, 1.165) is 25.9 Å². The quantitative estimate of drug-likeness (QED) is 0.797. The van der Waals surface area contributed by atoms with Gasteiger partial charge in [0.1, 0.15) is 6.04 Å². The van der Waals surface area contributed by atoms with Crippen LogP contribution >= 0.6 is 0 Å². The first-order valence-corrected chi connectivity index (χ1v) is 7.88. The van der Waals surface area contributed by atoms with Crippen LogP contribution in [0.15, 0.2) is 0 Å². The third kappa shape index (κ3) is 3.29. The first kappa shape index (κ1) is 13.4. The highest BCUT2D eigenvalue weighted by molar-refractivity contribution is 5.73. The Morgan fingerprint density at radius 2 is 1.84 bits per heavy atom. The zero-order valence-electron chi connectivity index (χ0n) is 11.7. The molecule has 0 aromatic heterocycles. The van der Waals surface area contributed by atoms with Crippen LogP contribution in [0.3, 0.4) is 0 Å². The molecule has 3 fully saturated rings. The molecule has 1 spiro atoms. The molecule has 19 heavy (non-hydrogen) atoms. The molecule has 0 radical (unpaired) electrons. The molecular formula is C15H26N2O2. The van der Waals surface area contributed by atoms with Crippen molar-refractivity contribution in [1.29, 1.82) is 0 Å². The van der Waals surface area contributed by atoms with Crippen LogP contribution in [0, 0.1) is 5.41 Å². The minimum atomic E-state index is -0.687. The van der Waals surface area contributed by atoms with E-state index < -0.39 is 5.97 Å². The molecule has 4 heteroatoms. The van der Waals surface area contributed by atoms with E-state index in [1.165, 1.54) is 38.5 Å². The molecule has 2 N–H and O–H groups in total. The summed E-state index contributed by atoms with van der Waals surface area (Å²) in [7, 11) is 0. The predicted molar refractivity (Wildman–Crippen MR) is 74.2 cm³/mol. The molecular weight excluding hydrogens is 240 g/mol. The van der Waals surface area contributed by atoms with Crippen LogP contribution in [-0.2, 0) is 4.79 Å². The van der Waals surface area contributed by atoms with Gasteiger partial charge in [-0.1, -0.05) is 12.8 Å². The Balaban J connectivity index is 1.48. The van der Waals surface area contributed by atoms with Gasteiger partial charge in [0, 0.05) is 12.6 Å². The van der Waals surface area contributed by atoms with Gasteiger partial charge in [0.15, 0.2) is 0 Å². The summed E-state index contributed by atoms with van der Waals surface area (Å²) in [6.07, 6.45) is 10.5. The van der Waals surface area contributed by atoms with Crippen molar-refractivity contribution in [2.24, 2.45) is 5.41 Å². The third-order valence-corrected chi connectivity index (χ3v) is 5.33. The number of nitrogens with one attached hydrogen (secondary N) is 1. The number of rotatable bonds is 5. The minimum Gasteiger partial charge on any atom is -0.480 e. The smallest absolute Gasteiger partial charge is 0.322 e. The first-order chi connectivity index (χ1) is 9.17. The number of nitrogens with zero attached hydrogens (tertiary/aromatic N) is 1. The second-order valence-corrected chi connectivity index (χ2v) is 6.84. The fraction of sp³-hybridized carbons (Fsp3) is 0.933. The fourth-order valence-electron chi connectivity index (χ4n) is 3.83. The summed E-state index contributed by atoms with van der Waals surface area (Å²) in [5.41, 5.74) is 0.624. The zero-order valence-corrected chi connectivity index (χ0v) is 11.7. The van der Waals surface area contributed by atoms with Gasteiger partial charge in [-0.2, -0.15) is 0 Å². The molecule has 108 valence electrons. The Hall–Kier alpha value is -0.610. The van der Waals surface area contributed by atoms with Gasteiger partial charge in [-0.3, -0.25) is 4.79 Å². The lowest BCUT2D eigenvalue weighted by Gasteiger charge is -2.40. The van der Waals surface area contributed by atoms with E-state index in [9.17, 15) is 9.90 Å². The summed E-state index contributed by atoms with van der Waals surface area (Å²) in [6, 6.07) is 0.0946. The second kappa shape index (κ2) is 5.41. The van der Waals surface area contributed by atoms with Crippen LogP contribution in [0.4, 0.5) is 0 Å². The van der Waals surface area contributed by atoms with E-state index >= 15 is 0 Å². The Morgan fingerprint density at radius 3 is 2.37 bits per heavy atom. The monoisotopic (exact) mass is 266 g/mol. The summed E-state index contributed by atoms with van der Waals surface area (Å²) in [5, 5.41) is 12.6. The molecule has 1 saturated heterocycles. The second-order valence-electron chi connectivity index (χ2n) is 6.84. The lowest BCUT2D eigenvalue weighted by molar-refractivity contribution is -0.140. The predicted octanol–water partition coefficient (Wildman–Crippen LogP) is 1.85. The number of hydrogen-bond donors (Lipinski definition) is 2. The number of carboxylic acid groups (broad SMARTS) is 1. The van der Waals surface area contributed by atoms with Gasteiger partial charge >= 0.3 is 5.97 Å². The van der Waals surface area contributed by atoms with E-state index in [0.29, 0.717) is 18.0 Å². The van der Waals surface area contributed by atoms with Gasteiger partial charge in [0.25, 0.3) is 0 Å². The van der Waals surface area contributed by atoms with E-state index in [1.807, 2.05) is 0 Å². The summed E-state index contributed by atoms with van der Waals surface area (Å²) >= 11 is 0. The molecule has 1 aliphatic heterocycles. The zero-order chi connectivity index (χ0) is 13.3. The van der Waals surface area contributed by atoms with Crippen molar-refractivity contribution in [3.8, 4) is 0 Å². The average Bonchev–Trinajstić information content (AvgIpc) is 3.10. The topological polar surface area (TPSA) is 52.6 Å². The van der Waals surface area contributed by atoms with Gasteiger partial charge in [-0.25, -0.2) is 0 Å². The Morgan fingerprint density at radius 1 is 1.21 bits per heavy atom. The first-order valence-electron chi connectivity index (χ1n) is 7.88. The number of carbonyl (C=O) groups is 1. The Labute approximate surface area is 115 Å². The molecule has 0 aromatic rings. The van der Waals surface area contributed by atoms with Crippen molar-refractivity contribution < 1.29 is 9.90 Å². The maximum atomic E-state index is 11.3. The van der Waals surface area contributed by atoms with Crippen molar-refractivity contribution in [3.05, 3.63) is 0 Å². The molecule has 1 heterocycles. The highest BCUT2D eigenvalue weighted by Crippen LogP contribution is 2.46. The van der Waals surface area contributed by atoms with E-state index in [-0.39, 0.29) is 6.04 Å². The van der Waals surface area contributed by atoms with E-state index in [1.54, 1.807) is 0 Å². The molecule has 2 aliphatic carbocycles. The lowest BCUT2D eigenvalue weighted by atomic mass is 9.77. The summed E-state index contributed by atoms with van der Waals surface area (Å²) in [5.74, 6) is -0.687. The van der Waals surface area contributed by atoms with Gasteiger partial charge in [0.2, 0.25) is 0 Å². The highest BCUT2D eigenvalue weighted by Gasteiger charge is 2.38. The highest BCUT2D eigenvalue weighted by atomic mass is 16.4. The normalized spacial score (nSPS) is 28.6. The Kier molecular flexibility index (Phi) is 3.81. The van der Waals surface area contributed by atoms with Crippen LogP contribution in [0.1, 0.15) is 51.4 Å². The molecule has 0 amide bonds. The van der Waals surface area contributed by atoms with Crippen molar-refractivity contribution in [2.75, 3.05) is 19.6 Å². The van der Waals surface area contributed by atoms with Crippen LogP contribution < -0.4 is 5.32 Å². The summed E-state index contributed by atoms with van der Waals surface area (Å²) in [6.45, 7) is 2.87. The van der Waals surface area contributed by atoms with E-state index in [4.69, 9.17) is 0 Å². The molecule has 1 atom stereocenters. The molecule has 1 unspecified atom stereocenters. The molecule has 3 rings (SSSR count). The van der Waals surface area contributed by atoms with Gasteiger partial charge in [0.05, 0.1) is 0 Å². The van der Waals surface area contributed by atoms with E-state index in [2.05, 4.69) is 10.2 Å². The maximum Gasteiger partial charge on any atom is 0.322 e. The molecule has 2 saturated carbocycles. The summed E-state index contributed by atoms with van der Waals surface area (Å²) in [4.78, 5) is 13.7. The van der Waals surface area contributed by atoms with Gasteiger partial charge in [-0.15, -0.1) is 0 Å². The largest absolute Gasteiger partial charge is 0.480 e. The number of aliphatic carboxylic acids is 1. The van der Waals surface area contributed by atoms with Crippen LogP contribution in [0.25, 0.3) is 0 Å². The van der Waals surface area contributed by atoms with Crippen molar-refractivity contribution in [1.82, 2.24) is 10.2 Å². The molecule has 4 nitrogen and oxygen atoms in total. The van der Waals surface area contributed by atoms with Crippen molar-refractivity contribution in [3.63, 3.8) is 0 Å². The van der Waals surface area contributed by atoms with Gasteiger partial charge < -0.3 is 15.3 Å². The lowest BCUT2D eigenvalue weighted by Crippen LogP contribution is -2.50. The minimum absolute atomic E-state index is 0.370. The standard InChI is InChI=1S/C15H26N2O2/c18-14(19)13(16-12-3-4-12)11-17-9-7-15(8-10-17)5-1-2-6-15/h12-13,16H,1-11H2,(H,18,19). The van der Waals surface area contributed by atoms with Crippen LogP contribution in [-0.4, -0.2) is 47.7 Å². The number of hydrogen-bond acceptors (Lipinski definition) is 3. The molecule has 0 bridgehead atoms. The van der Waals surface area contributed by atoms with Crippen LogP contribution in [0.5, 0.6) is 0 Å². The van der Waals surface area contributed by atoms with Crippen molar-refractivity contribution >= 4 is 5.97 Å². The number of piperidine rings is 1. The number of carboxylic acids is 1. The molecule has 0 aromatic carbocycles. The van der Waals surface area contributed by atoms with Crippen molar-refractivity contribution in [2.45, 2.75) is 63.5 Å². The summed E-state index contributed by atoms with van der Waals surface area (Å²) < 4.78 is 0. The molecule has 3 aliphatic rings. The number of likely N-dealkylation sites (tertiary alicyclic amines) is 1. The average molecular weight is 266 g/mol.